The maximum atomic E-state index is 13.3. The Morgan fingerprint density at radius 1 is 1.41 bits per heavy atom. The third-order valence-electron chi connectivity index (χ3n) is 3.80. The maximum absolute atomic E-state index is 13.3. The van der Waals surface area contributed by atoms with Crippen LogP contribution in [0.5, 0.6) is 5.75 Å². The summed E-state index contributed by atoms with van der Waals surface area (Å²) < 4.78 is 45.0. The fraction of sp³-hybridized carbons (Fsp3) is 0.600. The van der Waals surface area contributed by atoms with Gasteiger partial charge in [-0.3, -0.25) is 0 Å². The van der Waals surface area contributed by atoms with E-state index in [4.69, 9.17) is 16.3 Å². The molecule has 7 heteroatoms. The number of hydrogen-bond donors (Lipinski definition) is 1. The molecule has 1 heterocycles. The first-order valence-electron chi connectivity index (χ1n) is 7.22. The minimum Gasteiger partial charge on any atom is -0.476 e. The van der Waals surface area contributed by atoms with E-state index in [0.717, 1.165) is 25.9 Å². The number of halogens is 5. The molecule has 1 aliphatic heterocycles. The molecule has 0 aliphatic carbocycles. The van der Waals surface area contributed by atoms with Crippen LogP contribution in [0.4, 0.5) is 13.2 Å². The number of alkyl halides is 4. The molecule has 0 spiro atoms. The van der Waals surface area contributed by atoms with E-state index in [1.807, 2.05) is 6.92 Å². The van der Waals surface area contributed by atoms with Gasteiger partial charge in [-0.05, 0) is 54.1 Å². The molecule has 22 heavy (non-hydrogen) atoms. The van der Waals surface area contributed by atoms with Crippen molar-refractivity contribution in [3.8, 4) is 5.75 Å². The summed E-state index contributed by atoms with van der Waals surface area (Å²) in [6.07, 6.45) is -2.12. The predicted molar refractivity (Wildman–Crippen MR) is 89.7 cm³/mol. The topological polar surface area (TPSA) is 21.3 Å². The van der Waals surface area contributed by atoms with E-state index < -0.39 is 15.3 Å². The number of hydrogen-bond acceptors (Lipinski definition) is 2. The molecular formula is C15H18ClF3INO. The van der Waals surface area contributed by atoms with Crippen molar-refractivity contribution in [2.75, 3.05) is 13.1 Å². The zero-order valence-electron chi connectivity index (χ0n) is 12.1. The van der Waals surface area contributed by atoms with Crippen LogP contribution in [-0.4, -0.2) is 16.7 Å². The van der Waals surface area contributed by atoms with Crippen LogP contribution in [0, 0.1) is 5.92 Å². The number of nitrogens with one attached hydrogen (secondary N) is 1. The second-order valence-electron chi connectivity index (χ2n) is 5.44. The van der Waals surface area contributed by atoms with Gasteiger partial charge in [0.25, 0.3) is 0 Å². The molecule has 1 aromatic rings. The predicted octanol–water partition coefficient (Wildman–Crippen LogP) is 5.28. The number of benzene rings is 1. The quantitative estimate of drug-likeness (QED) is 0.490. The fourth-order valence-electron chi connectivity index (χ4n) is 2.75. The molecule has 0 aromatic heterocycles. The largest absolute Gasteiger partial charge is 0.476 e. The van der Waals surface area contributed by atoms with Crippen molar-refractivity contribution in [3.05, 3.63) is 28.8 Å². The molecule has 2 nitrogen and oxygen atoms in total. The van der Waals surface area contributed by atoms with Crippen LogP contribution in [0.1, 0.15) is 31.7 Å². The van der Waals surface area contributed by atoms with Gasteiger partial charge in [-0.25, -0.2) is 0 Å². The lowest BCUT2D eigenvalue weighted by molar-refractivity contribution is -0.139. The molecule has 1 aliphatic rings. The SMILES string of the molecule is CCC[C@@](I)(Oc1cccc(Cl)c1C(F)(F)F)C1CCNC1. The van der Waals surface area contributed by atoms with Crippen LogP contribution < -0.4 is 10.1 Å². The zero-order valence-corrected chi connectivity index (χ0v) is 15.1. The van der Waals surface area contributed by atoms with E-state index >= 15 is 0 Å². The molecule has 1 aromatic carbocycles. The highest BCUT2D eigenvalue weighted by Crippen LogP contribution is 2.45. The molecule has 0 amide bonds. The molecule has 0 saturated carbocycles. The van der Waals surface area contributed by atoms with Crippen molar-refractivity contribution in [1.29, 1.82) is 0 Å². The number of ether oxygens (including phenoxy) is 1. The van der Waals surface area contributed by atoms with Crippen molar-refractivity contribution in [1.82, 2.24) is 5.32 Å². The highest BCUT2D eigenvalue weighted by atomic mass is 127. The molecule has 1 unspecified atom stereocenters. The van der Waals surface area contributed by atoms with Gasteiger partial charge in [0.2, 0.25) is 0 Å². The van der Waals surface area contributed by atoms with Crippen molar-refractivity contribution >= 4 is 34.2 Å². The summed E-state index contributed by atoms with van der Waals surface area (Å²) in [6, 6.07) is 4.08. The van der Waals surface area contributed by atoms with Crippen LogP contribution in [0.3, 0.4) is 0 Å². The Kier molecular flexibility index (Phi) is 5.88. The van der Waals surface area contributed by atoms with Crippen LogP contribution in [0.25, 0.3) is 0 Å². The van der Waals surface area contributed by atoms with Crippen molar-refractivity contribution in [3.63, 3.8) is 0 Å². The van der Waals surface area contributed by atoms with Gasteiger partial charge in [0.05, 0.1) is 5.02 Å². The smallest absolute Gasteiger partial charge is 0.421 e. The van der Waals surface area contributed by atoms with E-state index in [1.54, 1.807) is 0 Å². The first kappa shape index (κ1) is 18.1. The summed E-state index contributed by atoms with van der Waals surface area (Å²) in [5, 5.41) is 2.92. The first-order chi connectivity index (χ1) is 10.3. The Labute approximate surface area is 146 Å². The van der Waals surface area contributed by atoms with E-state index in [2.05, 4.69) is 27.9 Å². The molecule has 2 atom stereocenters. The van der Waals surface area contributed by atoms with Gasteiger partial charge >= 0.3 is 6.18 Å². The Balaban J connectivity index is 2.36. The van der Waals surface area contributed by atoms with Crippen LogP contribution in [0.2, 0.25) is 5.02 Å². The van der Waals surface area contributed by atoms with Gasteiger partial charge in [-0.1, -0.05) is 31.0 Å². The summed E-state index contributed by atoms with van der Waals surface area (Å²) in [5.41, 5.74) is -0.889. The highest BCUT2D eigenvalue weighted by molar-refractivity contribution is 14.1. The van der Waals surface area contributed by atoms with Crippen LogP contribution in [-0.2, 0) is 6.18 Å². The van der Waals surface area contributed by atoms with Crippen molar-refractivity contribution in [2.45, 2.75) is 36.0 Å². The second-order valence-corrected chi connectivity index (χ2v) is 7.67. The second kappa shape index (κ2) is 7.13. The van der Waals surface area contributed by atoms with Gasteiger partial charge in [0, 0.05) is 12.5 Å². The summed E-state index contributed by atoms with van der Waals surface area (Å²) in [7, 11) is 0. The lowest BCUT2D eigenvalue weighted by Gasteiger charge is -2.35. The Morgan fingerprint density at radius 3 is 2.68 bits per heavy atom. The lowest BCUT2D eigenvalue weighted by atomic mass is 9.97. The monoisotopic (exact) mass is 447 g/mol. The average molecular weight is 448 g/mol. The summed E-state index contributed by atoms with van der Waals surface area (Å²) in [4.78, 5) is 0. The van der Waals surface area contributed by atoms with Gasteiger partial charge in [0.1, 0.15) is 11.3 Å². The van der Waals surface area contributed by atoms with Gasteiger partial charge in [-0.2, -0.15) is 13.2 Å². The molecule has 2 rings (SSSR count). The molecule has 1 saturated heterocycles. The molecule has 0 radical (unpaired) electrons. The lowest BCUT2D eigenvalue weighted by Crippen LogP contribution is -2.39. The van der Waals surface area contributed by atoms with Crippen LogP contribution >= 0.6 is 34.2 Å². The molecular weight excluding hydrogens is 430 g/mol. The van der Waals surface area contributed by atoms with E-state index in [0.29, 0.717) is 6.42 Å². The van der Waals surface area contributed by atoms with E-state index in [1.165, 1.54) is 18.2 Å². The Hall–Kier alpha value is -0.210. The first-order valence-corrected chi connectivity index (χ1v) is 8.68. The third kappa shape index (κ3) is 4.00. The summed E-state index contributed by atoms with van der Waals surface area (Å²) >= 11 is 7.93. The molecule has 124 valence electrons. The molecule has 1 N–H and O–H groups in total. The number of rotatable bonds is 5. The van der Waals surface area contributed by atoms with Crippen molar-refractivity contribution in [2.24, 2.45) is 5.92 Å². The molecule has 1 fully saturated rings. The van der Waals surface area contributed by atoms with Gasteiger partial charge in [-0.15, -0.1) is 0 Å². The Bertz CT molecular complexity index is 520. The third-order valence-corrected chi connectivity index (χ3v) is 5.75. The zero-order chi connectivity index (χ0) is 16.4. The van der Waals surface area contributed by atoms with E-state index in [9.17, 15) is 13.2 Å². The van der Waals surface area contributed by atoms with Crippen LogP contribution in [0.15, 0.2) is 18.2 Å². The van der Waals surface area contributed by atoms with Gasteiger partial charge in [0.15, 0.2) is 3.61 Å². The standard InChI is InChI=1S/C15H18ClF3INO/c1-2-7-14(20,10-6-8-21-9-10)22-12-5-3-4-11(16)13(12)15(17,18)19/h3-5,10,21H,2,6-9H2,1H3/t10?,14-/m1/s1. The van der Waals surface area contributed by atoms with E-state index in [-0.39, 0.29) is 16.7 Å². The Morgan fingerprint density at radius 2 is 2.14 bits per heavy atom. The normalized spacial score (nSPS) is 21.6. The minimum absolute atomic E-state index is 0.174. The summed E-state index contributed by atoms with van der Waals surface area (Å²) in [5.74, 6) is -0.0112. The summed E-state index contributed by atoms with van der Waals surface area (Å²) in [6.45, 7) is 3.62. The van der Waals surface area contributed by atoms with Crippen molar-refractivity contribution < 1.29 is 17.9 Å². The average Bonchev–Trinajstić information content (AvgIpc) is 2.91. The fourth-order valence-corrected chi connectivity index (χ4v) is 4.33. The maximum Gasteiger partial charge on any atom is 0.421 e. The minimum atomic E-state index is -4.54. The molecule has 0 bridgehead atoms. The van der Waals surface area contributed by atoms with Gasteiger partial charge < -0.3 is 10.1 Å². The highest BCUT2D eigenvalue weighted by Gasteiger charge is 2.43.